The number of sulfonamides is 1. The summed E-state index contributed by atoms with van der Waals surface area (Å²) in [4.78, 5) is 4.48. The van der Waals surface area contributed by atoms with E-state index in [4.69, 9.17) is 4.74 Å². The summed E-state index contributed by atoms with van der Waals surface area (Å²) in [5.41, 5.74) is 2.27. The van der Waals surface area contributed by atoms with Gasteiger partial charge in [-0.1, -0.05) is 24.3 Å². The molecule has 0 bridgehead atoms. The lowest BCUT2D eigenvalue weighted by Gasteiger charge is -2.25. The van der Waals surface area contributed by atoms with Crippen molar-refractivity contribution in [2.75, 3.05) is 31.6 Å². The summed E-state index contributed by atoms with van der Waals surface area (Å²) in [7, 11) is -3.52. The Morgan fingerprint density at radius 1 is 1.07 bits per heavy atom. The molecule has 1 saturated heterocycles. The maximum absolute atomic E-state index is 12.6. The molecule has 1 aliphatic heterocycles. The number of hydrogen-bond acceptors (Lipinski definition) is 6. The second kappa shape index (κ2) is 8.73. The molecule has 0 aliphatic carbocycles. The van der Waals surface area contributed by atoms with Crippen molar-refractivity contribution in [3.05, 3.63) is 72.2 Å². The molecule has 9 heteroatoms. The largest absolute Gasteiger partial charge is 0.379 e. The Hall–Kier alpha value is -2.75. The van der Waals surface area contributed by atoms with Gasteiger partial charge < -0.3 is 10.1 Å². The zero-order chi connectivity index (χ0) is 20.1. The van der Waals surface area contributed by atoms with Crippen LogP contribution < -0.4 is 5.32 Å². The Morgan fingerprint density at radius 2 is 1.90 bits per heavy atom. The van der Waals surface area contributed by atoms with Crippen molar-refractivity contribution in [2.45, 2.75) is 18.0 Å². The average Bonchev–Trinajstić information content (AvgIpc) is 3.26. The molecule has 2 aromatic heterocycles. The number of morpholine rings is 1. The fraction of sp³-hybridized carbons (Fsp3) is 0.300. The lowest BCUT2D eigenvalue weighted by atomic mass is 10.1. The van der Waals surface area contributed by atoms with Gasteiger partial charge in [0.05, 0.1) is 19.8 Å². The highest BCUT2D eigenvalue weighted by Crippen LogP contribution is 2.18. The quantitative estimate of drug-likeness (QED) is 0.637. The normalized spacial score (nSPS) is 15.3. The number of pyridine rings is 1. The number of nitrogens with zero attached hydrogens (tertiary/aromatic N) is 4. The monoisotopic (exact) mass is 413 g/mol. The molecular formula is C20H23N5O3S. The molecule has 0 saturated carbocycles. The Balaban J connectivity index is 1.38. The van der Waals surface area contributed by atoms with Gasteiger partial charge in [0.25, 0.3) is 0 Å². The SMILES string of the molecule is O=S(=O)(c1ccc(NCc2cccc(Cn3cccn3)c2)nc1)N1CCOCC1. The number of hydrogen-bond donors (Lipinski definition) is 1. The van der Waals surface area contributed by atoms with Gasteiger partial charge in [-0.25, -0.2) is 13.4 Å². The van der Waals surface area contributed by atoms with Gasteiger partial charge in [0.1, 0.15) is 10.7 Å². The van der Waals surface area contributed by atoms with Gasteiger partial charge in [-0.05, 0) is 29.3 Å². The molecule has 4 rings (SSSR count). The van der Waals surface area contributed by atoms with Gasteiger partial charge in [0.2, 0.25) is 10.0 Å². The van der Waals surface area contributed by atoms with Crippen molar-refractivity contribution < 1.29 is 13.2 Å². The summed E-state index contributed by atoms with van der Waals surface area (Å²) in [5, 5.41) is 7.47. The highest BCUT2D eigenvalue weighted by Gasteiger charge is 2.26. The third-order valence-electron chi connectivity index (χ3n) is 4.71. The van der Waals surface area contributed by atoms with Crippen LogP contribution in [0.1, 0.15) is 11.1 Å². The van der Waals surface area contributed by atoms with Crippen LogP contribution in [0, 0.1) is 0 Å². The van der Waals surface area contributed by atoms with Crippen LogP contribution >= 0.6 is 0 Å². The standard InChI is InChI=1S/C20H23N5O3S/c26-29(27,25-9-11-28-12-10-25)19-5-6-20(22-15-19)21-14-17-3-1-4-18(13-17)16-24-8-2-7-23-24/h1-8,13,15H,9-12,14,16H2,(H,21,22). The highest BCUT2D eigenvalue weighted by atomic mass is 32.2. The Kier molecular flexibility index (Phi) is 5.89. The van der Waals surface area contributed by atoms with Crippen molar-refractivity contribution in [3.63, 3.8) is 0 Å². The van der Waals surface area contributed by atoms with Crippen LogP contribution in [-0.4, -0.2) is 53.8 Å². The Morgan fingerprint density at radius 3 is 2.62 bits per heavy atom. The molecule has 3 aromatic rings. The number of rotatable bonds is 7. The molecule has 29 heavy (non-hydrogen) atoms. The highest BCUT2D eigenvalue weighted by molar-refractivity contribution is 7.89. The molecule has 0 radical (unpaired) electrons. The van der Waals surface area contributed by atoms with E-state index in [9.17, 15) is 8.42 Å². The summed E-state index contributed by atoms with van der Waals surface area (Å²) < 4.78 is 33.8. The van der Waals surface area contributed by atoms with Gasteiger partial charge in [-0.15, -0.1) is 0 Å². The van der Waals surface area contributed by atoms with E-state index in [1.54, 1.807) is 18.3 Å². The molecule has 152 valence electrons. The number of aromatic nitrogens is 3. The van der Waals surface area contributed by atoms with Crippen LogP contribution in [0.5, 0.6) is 0 Å². The minimum absolute atomic E-state index is 0.200. The number of benzene rings is 1. The summed E-state index contributed by atoms with van der Waals surface area (Å²) >= 11 is 0. The fourth-order valence-corrected chi connectivity index (χ4v) is 4.54. The average molecular weight is 414 g/mol. The van der Waals surface area contributed by atoms with E-state index >= 15 is 0 Å². The summed E-state index contributed by atoms with van der Waals surface area (Å²) in [6, 6.07) is 13.4. The maximum Gasteiger partial charge on any atom is 0.244 e. The molecule has 3 heterocycles. The molecule has 1 fully saturated rings. The lowest BCUT2D eigenvalue weighted by molar-refractivity contribution is 0.0730. The molecular weight excluding hydrogens is 390 g/mol. The van der Waals surface area contributed by atoms with E-state index in [0.717, 1.165) is 11.1 Å². The van der Waals surface area contributed by atoms with E-state index in [1.807, 2.05) is 29.1 Å². The minimum atomic E-state index is -3.52. The van der Waals surface area contributed by atoms with Crippen LogP contribution in [0.4, 0.5) is 5.82 Å². The van der Waals surface area contributed by atoms with E-state index < -0.39 is 10.0 Å². The van der Waals surface area contributed by atoms with Gasteiger partial charge in [0, 0.05) is 38.2 Å². The zero-order valence-corrected chi connectivity index (χ0v) is 16.8. The zero-order valence-electron chi connectivity index (χ0n) is 15.9. The Labute approximate surface area is 170 Å². The lowest BCUT2D eigenvalue weighted by Crippen LogP contribution is -2.40. The number of ether oxygens (including phenoxy) is 1. The molecule has 0 unspecified atom stereocenters. The Bertz CT molecular complexity index is 1030. The second-order valence-corrected chi connectivity index (χ2v) is 8.71. The number of nitrogens with one attached hydrogen (secondary N) is 1. The first kappa shape index (κ1) is 19.6. The third kappa shape index (κ3) is 4.81. The van der Waals surface area contributed by atoms with Crippen molar-refractivity contribution >= 4 is 15.8 Å². The summed E-state index contributed by atoms with van der Waals surface area (Å²) in [6.45, 7) is 2.90. The smallest absolute Gasteiger partial charge is 0.244 e. The van der Waals surface area contributed by atoms with Gasteiger partial charge in [-0.2, -0.15) is 9.40 Å². The predicted molar refractivity (Wildman–Crippen MR) is 109 cm³/mol. The molecule has 0 spiro atoms. The van der Waals surface area contributed by atoms with Gasteiger partial charge >= 0.3 is 0 Å². The molecule has 1 aromatic carbocycles. The van der Waals surface area contributed by atoms with E-state index in [-0.39, 0.29) is 4.90 Å². The van der Waals surface area contributed by atoms with Crippen LogP contribution in [0.25, 0.3) is 0 Å². The van der Waals surface area contributed by atoms with Gasteiger partial charge in [-0.3, -0.25) is 4.68 Å². The fourth-order valence-electron chi connectivity index (χ4n) is 3.19. The predicted octanol–water partition coefficient (Wildman–Crippen LogP) is 1.96. The third-order valence-corrected chi connectivity index (χ3v) is 6.60. The summed E-state index contributed by atoms with van der Waals surface area (Å²) in [6.07, 6.45) is 5.10. The molecule has 0 atom stereocenters. The maximum atomic E-state index is 12.6. The van der Waals surface area contributed by atoms with Crippen LogP contribution in [-0.2, 0) is 27.8 Å². The molecule has 1 N–H and O–H groups in total. The molecule has 1 aliphatic rings. The van der Waals surface area contributed by atoms with Crippen LogP contribution in [0.15, 0.2) is 66.0 Å². The van der Waals surface area contributed by atoms with Crippen LogP contribution in [0.2, 0.25) is 0 Å². The van der Waals surface area contributed by atoms with Gasteiger partial charge in [0.15, 0.2) is 0 Å². The molecule has 0 amide bonds. The first-order chi connectivity index (χ1) is 14.1. The summed E-state index contributed by atoms with van der Waals surface area (Å²) in [5.74, 6) is 0.628. The van der Waals surface area contributed by atoms with Crippen molar-refractivity contribution in [1.82, 2.24) is 19.1 Å². The van der Waals surface area contributed by atoms with Crippen molar-refractivity contribution in [1.29, 1.82) is 0 Å². The second-order valence-electron chi connectivity index (χ2n) is 6.77. The van der Waals surface area contributed by atoms with Crippen LogP contribution in [0.3, 0.4) is 0 Å². The first-order valence-electron chi connectivity index (χ1n) is 9.44. The number of anilines is 1. The topological polar surface area (TPSA) is 89.3 Å². The first-order valence-corrected chi connectivity index (χ1v) is 10.9. The van der Waals surface area contributed by atoms with E-state index in [0.29, 0.717) is 45.2 Å². The minimum Gasteiger partial charge on any atom is -0.379 e. The molecule has 8 nitrogen and oxygen atoms in total. The van der Waals surface area contributed by atoms with Crippen molar-refractivity contribution in [2.24, 2.45) is 0 Å². The van der Waals surface area contributed by atoms with E-state index in [2.05, 4.69) is 27.5 Å². The van der Waals surface area contributed by atoms with Crippen molar-refractivity contribution in [3.8, 4) is 0 Å². The van der Waals surface area contributed by atoms with E-state index in [1.165, 1.54) is 10.5 Å².